The van der Waals surface area contributed by atoms with Gasteiger partial charge < -0.3 is 0 Å². The number of nitrogens with zero attached hydrogens (tertiary/aromatic N) is 3. The molecule has 1 aromatic heterocycles. The predicted molar refractivity (Wildman–Crippen MR) is 275 cm³/mol. The van der Waals surface area contributed by atoms with E-state index in [1.165, 1.54) is 50.1 Å². The lowest BCUT2D eigenvalue weighted by Gasteiger charge is -2.34. The molecule has 10 aromatic carbocycles. The Morgan fingerprint density at radius 3 is 1.04 bits per heavy atom. The predicted octanol–water partition coefficient (Wildman–Crippen LogP) is 15.9. The first-order chi connectivity index (χ1) is 33.2. The maximum absolute atomic E-state index is 5.13. The quantitative estimate of drug-likeness (QED) is 0.145. The molecule has 0 amide bonds. The summed E-state index contributed by atoms with van der Waals surface area (Å²) in [5, 5.41) is 0. The Hall–Kier alpha value is -8.79. The average molecular weight is 854 g/mol. The smallest absolute Gasteiger partial charge is 0.164 e. The highest BCUT2D eigenvalue weighted by Gasteiger charge is 2.46. The molecule has 1 heterocycles. The monoisotopic (exact) mass is 853 g/mol. The van der Waals surface area contributed by atoms with Crippen LogP contribution < -0.4 is 0 Å². The van der Waals surface area contributed by atoms with Crippen LogP contribution in [0.2, 0.25) is 0 Å². The van der Waals surface area contributed by atoms with Gasteiger partial charge in [-0.05, 0) is 90.0 Å². The van der Waals surface area contributed by atoms with E-state index in [4.69, 9.17) is 15.0 Å². The highest BCUT2D eigenvalue weighted by Crippen LogP contribution is 2.56. The maximum atomic E-state index is 5.13. The van der Waals surface area contributed by atoms with Crippen LogP contribution in [0.25, 0.3) is 89.8 Å². The fraction of sp³-hybridized carbons (Fsp3) is 0.0156. The zero-order valence-corrected chi connectivity index (χ0v) is 36.7. The fourth-order valence-electron chi connectivity index (χ4n) is 9.96. The molecule has 0 fully saturated rings. The van der Waals surface area contributed by atoms with Crippen LogP contribution in [0, 0.1) is 0 Å². The molecule has 0 saturated heterocycles. The number of rotatable bonds is 9. The van der Waals surface area contributed by atoms with Crippen LogP contribution in [-0.4, -0.2) is 15.0 Å². The maximum Gasteiger partial charge on any atom is 0.164 e. The van der Waals surface area contributed by atoms with Crippen molar-refractivity contribution in [3.63, 3.8) is 0 Å². The molecule has 12 rings (SSSR count). The highest BCUT2D eigenvalue weighted by molar-refractivity contribution is 5.89. The van der Waals surface area contributed by atoms with Crippen molar-refractivity contribution in [2.75, 3.05) is 0 Å². The Morgan fingerprint density at radius 2 is 0.537 bits per heavy atom. The Bertz CT molecular complexity index is 3370. The van der Waals surface area contributed by atoms with Crippen LogP contribution in [-0.2, 0) is 5.41 Å². The summed E-state index contributed by atoms with van der Waals surface area (Å²) in [6.45, 7) is 0. The summed E-state index contributed by atoms with van der Waals surface area (Å²) in [5.41, 5.74) is 19.2. The molecule has 0 radical (unpaired) electrons. The lowest BCUT2D eigenvalue weighted by molar-refractivity contribution is 0.769. The summed E-state index contributed by atoms with van der Waals surface area (Å²) < 4.78 is 0. The number of benzene rings is 10. The second kappa shape index (κ2) is 17.0. The van der Waals surface area contributed by atoms with Crippen LogP contribution in [0.3, 0.4) is 0 Å². The molecule has 0 bridgehead atoms. The number of hydrogen-bond acceptors (Lipinski definition) is 3. The summed E-state index contributed by atoms with van der Waals surface area (Å²) in [6, 6.07) is 93.2. The topological polar surface area (TPSA) is 38.7 Å². The van der Waals surface area contributed by atoms with Gasteiger partial charge in [0.05, 0.1) is 5.41 Å². The third-order valence-electron chi connectivity index (χ3n) is 13.3. The second-order valence-corrected chi connectivity index (χ2v) is 17.1. The van der Waals surface area contributed by atoms with E-state index < -0.39 is 5.41 Å². The molecule has 67 heavy (non-hydrogen) atoms. The summed E-state index contributed by atoms with van der Waals surface area (Å²) in [6.07, 6.45) is 0. The molecule has 0 aliphatic heterocycles. The Balaban J connectivity index is 0.904. The van der Waals surface area contributed by atoms with E-state index in [9.17, 15) is 0 Å². The minimum absolute atomic E-state index is 0.448. The third kappa shape index (κ3) is 7.24. The number of aromatic nitrogens is 3. The van der Waals surface area contributed by atoms with Gasteiger partial charge in [-0.1, -0.05) is 249 Å². The normalized spacial score (nSPS) is 12.3. The minimum atomic E-state index is -0.448. The summed E-state index contributed by atoms with van der Waals surface area (Å²) in [7, 11) is 0. The van der Waals surface area contributed by atoms with Gasteiger partial charge in [-0.15, -0.1) is 0 Å². The van der Waals surface area contributed by atoms with Crippen molar-refractivity contribution >= 4 is 0 Å². The van der Waals surface area contributed by atoms with Gasteiger partial charge in [0, 0.05) is 16.7 Å². The first-order valence-corrected chi connectivity index (χ1v) is 22.8. The van der Waals surface area contributed by atoms with E-state index in [2.05, 4.69) is 249 Å². The SMILES string of the molecule is c1ccc(-c2ccc(-c3nc(-c4ccc(-c5ccccc5)cc4)nc(-c4cccc(-c5ccc(-c6ccc7c(c6)C(c6ccccc6)(c6ccccc6)c6ccccc6-7)cc5)c4)n3)cc2)cc1. The molecule has 0 N–H and O–H groups in total. The Kier molecular flexibility index (Phi) is 10.1. The van der Waals surface area contributed by atoms with Gasteiger partial charge >= 0.3 is 0 Å². The molecular formula is C64H43N3. The zero-order valence-electron chi connectivity index (χ0n) is 36.7. The minimum Gasteiger partial charge on any atom is -0.208 e. The molecule has 0 unspecified atom stereocenters. The van der Waals surface area contributed by atoms with Gasteiger partial charge in [0.1, 0.15) is 0 Å². The molecule has 1 aliphatic carbocycles. The molecule has 1 aliphatic rings. The van der Waals surface area contributed by atoms with Crippen LogP contribution in [0.4, 0.5) is 0 Å². The molecule has 314 valence electrons. The van der Waals surface area contributed by atoms with E-state index in [1.807, 2.05) is 12.1 Å². The zero-order chi connectivity index (χ0) is 44.6. The lowest BCUT2D eigenvalue weighted by Crippen LogP contribution is -2.28. The van der Waals surface area contributed by atoms with Gasteiger partial charge in [0.15, 0.2) is 17.5 Å². The molecule has 0 spiro atoms. The first kappa shape index (κ1) is 39.8. The van der Waals surface area contributed by atoms with Gasteiger partial charge in [0.2, 0.25) is 0 Å². The van der Waals surface area contributed by atoms with Crippen molar-refractivity contribution in [3.8, 4) is 89.8 Å². The molecular weight excluding hydrogens is 811 g/mol. The van der Waals surface area contributed by atoms with E-state index in [0.717, 1.165) is 44.5 Å². The third-order valence-corrected chi connectivity index (χ3v) is 13.3. The number of hydrogen-bond donors (Lipinski definition) is 0. The first-order valence-electron chi connectivity index (χ1n) is 22.8. The summed E-state index contributed by atoms with van der Waals surface area (Å²) in [5.74, 6) is 1.88. The molecule has 0 atom stereocenters. The van der Waals surface area contributed by atoms with Crippen LogP contribution in [0.15, 0.2) is 261 Å². The van der Waals surface area contributed by atoms with Crippen molar-refractivity contribution in [3.05, 3.63) is 283 Å². The van der Waals surface area contributed by atoms with Crippen molar-refractivity contribution in [1.29, 1.82) is 0 Å². The number of fused-ring (bicyclic) bond motifs is 3. The molecule has 3 heteroatoms. The van der Waals surface area contributed by atoms with Crippen LogP contribution >= 0.6 is 0 Å². The van der Waals surface area contributed by atoms with E-state index in [0.29, 0.717) is 17.5 Å². The van der Waals surface area contributed by atoms with E-state index >= 15 is 0 Å². The summed E-state index contributed by atoms with van der Waals surface area (Å²) >= 11 is 0. The van der Waals surface area contributed by atoms with Crippen LogP contribution in [0.5, 0.6) is 0 Å². The van der Waals surface area contributed by atoms with Gasteiger partial charge in [-0.2, -0.15) is 0 Å². The highest BCUT2D eigenvalue weighted by atomic mass is 15.0. The van der Waals surface area contributed by atoms with E-state index in [1.54, 1.807) is 0 Å². The lowest BCUT2D eigenvalue weighted by atomic mass is 9.67. The van der Waals surface area contributed by atoms with Crippen molar-refractivity contribution in [2.24, 2.45) is 0 Å². The molecule has 3 nitrogen and oxygen atoms in total. The van der Waals surface area contributed by atoms with Gasteiger partial charge in [-0.3, -0.25) is 0 Å². The Morgan fingerprint density at radius 1 is 0.209 bits per heavy atom. The Labute approximate surface area is 391 Å². The fourth-order valence-corrected chi connectivity index (χ4v) is 9.96. The van der Waals surface area contributed by atoms with Gasteiger partial charge in [-0.25, -0.2) is 15.0 Å². The van der Waals surface area contributed by atoms with Crippen molar-refractivity contribution in [1.82, 2.24) is 15.0 Å². The molecule has 0 saturated carbocycles. The standard InChI is InChI=1S/C64H43N3/c1-5-16-44(17-6-1)46-32-36-50(37-33-46)61-65-62(51-38-34-47(35-39-51)45-18-7-2-8-19-45)67-63(66-61)54-21-15-20-52(42-54)48-28-30-49(31-29-48)53-40-41-58-57-26-13-14-27-59(57)64(60(58)43-53,55-22-9-3-10-23-55)56-24-11-4-12-25-56/h1-43H. The van der Waals surface area contributed by atoms with Gasteiger partial charge in [0.25, 0.3) is 0 Å². The molecule has 11 aromatic rings. The summed E-state index contributed by atoms with van der Waals surface area (Å²) in [4.78, 5) is 15.3. The average Bonchev–Trinajstić information content (AvgIpc) is 3.72. The van der Waals surface area contributed by atoms with Crippen molar-refractivity contribution in [2.45, 2.75) is 5.41 Å². The largest absolute Gasteiger partial charge is 0.208 e. The van der Waals surface area contributed by atoms with Crippen molar-refractivity contribution < 1.29 is 0 Å². The van der Waals surface area contributed by atoms with E-state index in [-0.39, 0.29) is 0 Å². The second-order valence-electron chi connectivity index (χ2n) is 17.1. The van der Waals surface area contributed by atoms with Crippen LogP contribution in [0.1, 0.15) is 22.3 Å².